The molecule has 0 aliphatic carbocycles. The number of ether oxygens (including phenoxy) is 3. The minimum absolute atomic E-state index is 0.586. The topological polar surface area (TPSA) is 27.7 Å². The van der Waals surface area contributed by atoms with Gasteiger partial charge in [-0.05, 0) is 0 Å². The number of hydrogen-bond donors (Lipinski definition) is 0. The van der Waals surface area contributed by atoms with Crippen LogP contribution in [-0.4, -0.2) is 21.3 Å². The van der Waals surface area contributed by atoms with Crippen molar-refractivity contribution in [1.29, 1.82) is 0 Å². The van der Waals surface area contributed by atoms with Crippen molar-refractivity contribution in [3.05, 3.63) is 133 Å². The SMILES string of the molecule is COc1cc(CP(Br)(c2ccccc2)(c2ccccc2)c2ccccc2-c2ccccc2)cc(OC)c1OC. The molecule has 39 heavy (non-hydrogen) atoms. The maximum absolute atomic E-state index is 5.77. The summed E-state index contributed by atoms with van der Waals surface area (Å²) in [6.45, 7) is 0. The van der Waals surface area contributed by atoms with E-state index in [9.17, 15) is 0 Å². The van der Waals surface area contributed by atoms with Gasteiger partial charge < -0.3 is 0 Å². The Morgan fingerprint density at radius 2 is 1.03 bits per heavy atom. The van der Waals surface area contributed by atoms with E-state index in [1.807, 2.05) is 0 Å². The third-order valence-electron chi connectivity index (χ3n) is 7.28. The molecular weight excluding hydrogens is 567 g/mol. The normalized spacial score (nSPS) is 12.3. The van der Waals surface area contributed by atoms with Crippen LogP contribution < -0.4 is 30.1 Å². The van der Waals surface area contributed by atoms with Gasteiger partial charge in [0.15, 0.2) is 0 Å². The first-order valence-corrected chi connectivity index (χ1v) is 17.3. The first-order valence-electron chi connectivity index (χ1n) is 12.8. The summed E-state index contributed by atoms with van der Waals surface area (Å²) in [7, 11) is 4.96. The monoisotopic (exact) mass is 598 g/mol. The number of benzene rings is 5. The van der Waals surface area contributed by atoms with E-state index >= 15 is 0 Å². The molecule has 5 heteroatoms. The van der Waals surface area contributed by atoms with Crippen molar-refractivity contribution in [3.63, 3.8) is 0 Å². The fourth-order valence-corrected chi connectivity index (χ4v) is 13.6. The molecule has 0 spiro atoms. The molecule has 0 amide bonds. The summed E-state index contributed by atoms with van der Waals surface area (Å²) in [5.74, 6) is 1.87. The van der Waals surface area contributed by atoms with Crippen molar-refractivity contribution < 1.29 is 14.2 Å². The van der Waals surface area contributed by atoms with Gasteiger partial charge in [0.1, 0.15) is 0 Å². The molecular formula is C34H32BrO3P. The van der Waals surface area contributed by atoms with Crippen LogP contribution in [0.1, 0.15) is 5.56 Å². The molecule has 0 atom stereocenters. The average Bonchev–Trinajstić information content (AvgIpc) is 3.02. The van der Waals surface area contributed by atoms with E-state index in [0.717, 1.165) is 5.56 Å². The van der Waals surface area contributed by atoms with Crippen molar-refractivity contribution in [3.8, 4) is 28.4 Å². The predicted octanol–water partition coefficient (Wildman–Crippen LogP) is 7.72. The summed E-state index contributed by atoms with van der Waals surface area (Å²) in [4.78, 5) is 0. The molecule has 0 radical (unpaired) electrons. The van der Waals surface area contributed by atoms with Crippen molar-refractivity contribution in [2.24, 2.45) is 0 Å². The predicted molar refractivity (Wildman–Crippen MR) is 169 cm³/mol. The van der Waals surface area contributed by atoms with E-state index in [2.05, 4.69) is 143 Å². The van der Waals surface area contributed by atoms with E-state index in [1.54, 1.807) is 21.3 Å². The first kappa shape index (κ1) is 27.0. The maximum atomic E-state index is 5.77. The standard InChI is InChI=1S/C34H32BrO3P/c1-36-31-23-26(24-32(37-2)34(31)38-3)25-39(35,28-17-9-5-10-18-28,29-19-11-6-12-20-29)33-22-14-13-21-30(33)27-15-7-4-8-16-27/h4-24H,25H2,1-3H3. The van der Waals surface area contributed by atoms with Crippen LogP contribution >= 0.6 is 20.8 Å². The molecule has 0 aromatic heterocycles. The van der Waals surface area contributed by atoms with Gasteiger partial charge in [-0.2, -0.15) is 0 Å². The van der Waals surface area contributed by atoms with Crippen LogP contribution in [0.3, 0.4) is 0 Å². The van der Waals surface area contributed by atoms with Gasteiger partial charge in [0.2, 0.25) is 0 Å². The second-order valence-corrected chi connectivity index (χ2v) is 18.3. The molecule has 0 N–H and O–H groups in total. The van der Waals surface area contributed by atoms with E-state index < -0.39 is 5.31 Å². The molecule has 0 bridgehead atoms. The van der Waals surface area contributed by atoms with Crippen LogP contribution in [-0.2, 0) is 6.16 Å². The number of rotatable bonds is 9. The molecule has 0 fully saturated rings. The third-order valence-corrected chi connectivity index (χ3v) is 16.7. The molecule has 198 valence electrons. The Balaban J connectivity index is 1.91. The van der Waals surface area contributed by atoms with E-state index in [4.69, 9.17) is 14.2 Å². The van der Waals surface area contributed by atoms with Gasteiger partial charge in [-0.1, -0.05) is 0 Å². The molecule has 0 aliphatic heterocycles. The van der Waals surface area contributed by atoms with Crippen molar-refractivity contribution in [1.82, 2.24) is 0 Å². The van der Waals surface area contributed by atoms with E-state index in [-0.39, 0.29) is 0 Å². The molecule has 5 aromatic rings. The van der Waals surface area contributed by atoms with Gasteiger partial charge in [-0.3, -0.25) is 0 Å². The average molecular weight is 600 g/mol. The quantitative estimate of drug-likeness (QED) is 0.163. The zero-order valence-electron chi connectivity index (χ0n) is 22.4. The summed E-state index contributed by atoms with van der Waals surface area (Å²) in [6, 6.07) is 45.2. The van der Waals surface area contributed by atoms with Gasteiger partial charge >= 0.3 is 240 Å². The van der Waals surface area contributed by atoms with Gasteiger partial charge in [0.05, 0.1) is 0 Å². The van der Waals surface area contributed by atoms with E-state index in [0.29, 0.717) is 23.4 Å². The van der Waals surface area contributed by atoms with Crippen molar-refractivity contribution in [2.45, 2.75) is 6.16 Å². The second kappa shape index (κ2) is 11.3. The van der Waals surface area contributed by atoms with Gasteiger partial charge in [-0.25, -0.2) is 0 Å². The van der Waals surface area contributed by atoms with Crippen molar-refractivity contribution in [2.75, 3.05) is 21.3 Å². The molecule has 0 saturated carbocycles. The summed E-state index contributed by atoms with van der Waals surface area (Å²) in [5, 5.41) is 0.387. The Hall–Kier alpha value is -3.59. The zero-order valence-corrected chi connectivity index (χ0v) is 24.9. The van der Waals surface area contributed by atoms with Crippen LogP contribution in [0.25, 0.3) is 11.1 Å². The Bertz CT molecular complexity index is 1490. The zero-order chi connectivity index (χ0) is 27.3. The van der Waals surface area contributed by atoms with E-state index in [1.165, 1.54) is 27.0 Å². The van der Waals surface area contributed by atoms with Gasteiger partial charge in [-0.15, -0.1) is 0 Å². The Morgan fingerprint density at radius 1 is 0.564 bits per heavy atom. The first-order chi connectivity index (χ1) is 19.0. The molecule has 3 nitrogen and oxygen atoms in total. The number of halogens is 1. The Labute approximate surface area is 239 Å². The molecule has 5 aromatic carbocycles. The number of hydrogen-bond acceptors (Lipinski definition) is 3. The van der Waals surface area contributed by atoms with Gasteiger partial charge in [0.25, 0.3) is 0 Å². The fraction of sp³-hybridized carbons (Fsp3) is 0.118. The molecule has 0 unspecified atom stereocenters. The van der Waals surface area contributed by atoms with Crippen LogP contribution in [0.2, 0.25) is 0 Å². The molecule has 0 heterocycles. The molecule has 0 aliphatic rings. The molecule has 5 rings (SSSR count). The van der Waals surface area contributed by atoms with Crippen LogP contribution in [0, 0.1) is 0 Å². The van der Waals surface area contributed by atoms with Crippen LogP contribution in [0.4, 0.5) is 0 Å². The summed E-state index contributed by atoms with van der Waals surface area (Å²) < 4.78 is 17.2. The summed E-state index contributed by atoms with van der Waals surface area (Å²) in [5.41, 5.74) is 3.46. The molecule has 0 saturated heterocycles. The number of methoxy groups -OCH3 is 3. The van der Waals surface area contributed by atoms with Crippen LogP contribution in [0.5, 0.6) is 17.2 Å². The third kappa shape index (κ3) is 4.73. The van der Waals surface area contributed by atoms with Gasteiger partial charge in [0, 0.05) is 0 Å². The fourth-order valence-electron chi connectivity index (χ4n) is 5.48. The van der Waals surface area contributed by atoms with Crippen LogP contribution in [0.15, 0.2) is 127 Å². The van der Waals surface area contributed by atoms with Crippen molar-refractivity contribution >= 4 is 36.7 Å². The summed E-state index contributed by atoms with van der Waals surface area (Å²) >= 11 is 4.65. The second-order valence-electron chi connectivity index (χ2n) is 9.43. The Morgan fingerprint density at radius 3 is 1.51 bits per heavy atom. The summed E-state index contributed by atoms with van der Waals surface area (Å²) in [6.07, 6.45) is 0.695. The minimum atomic E-state index is -3.36. The Kier molecular flexibility index (Phi) is 7.79.